The van der Waals surface area contributed by atoms with Crippen molar-refractivity contribution in [3.05, 3.63) is 11.3 Å². The van der Waals surface area contributed by atoms with Crippen LogP contribution >= 0.6 is 0 Å². The lowest BCUT2D eigenvalue weighted by molar-refractivity contribution is -0.161. The molecule has 2 heterocycles. The Morgan fingerprint density at radius 2 is 2.24 bits per heavy atom. The largest absolute Gasteiger partial charge is 0.477 e. The lowest BCUT2D eigenvalue weighted by Crippen LogP contribution is -2.61. The molecular formula is C13H20N2O6. The molecular weight excluding hydrogens is 280 g/mol. The average Bonchev–Trinajstić information content (AvgIpc) is 2.72. The molecule has 0 aromatic carbocycles. The number of carboxylic acid groups (broad SMARTS) is 1. The van der Waals surface area contributed by atoms with Gasteiger partial charge in [-0.05, 0) is 25.3 Å². The Balaban J connectivity index is 2.00. The van der Waals surface area contributed by atoms with Crippen molar-refractivity contribution in [2.75, 3.05) is 19.8 Å². The van der Waals surface area contributed by atoms with Crippen LogP contribution in [0.4, 0.5) is 0 Å². The highest BCUT2D eigenvalue weighted by Gasteiger charge is 2.56. The van der Waals surface area contributed by atoms with E-state index in [1.807, 2.05) is 0 Å². The number of fused-ring (bicyclic) bond motifs is 1. The van der Waals surface area contributed by atoms with Crippen LogP contribution in [-0.4, -0.2) is 59.0 Å². The number of aliphatic hydroxyl groups is 1. The van der Waals surface area contributed by atoms with E-state index in [0.717, 1.165) is 0 Å². The van der Waals surface area contributed by atoms with Crippen molar-refractivity contribution < 1.29 is 29.4 Å². The molecule has 0 radical (unpaired) electrons. The molecule has 21 heavy (non-hydrogen) atoms. The van der Waals surface area contributed by atoms with Crippen LogP contribution in [0.2, 0.25) is 0 Å². The van der Waals surface area contributed by atoms with Crippen molar-refractivity contribution in [1.29, 1.82) is 0 Å². The quantitative estimate of drug-likeness (QED) is 0.306. The highest BCUT2D eigenvalue weighted by molar-refractivity contribution is 5.99. The van der Waals surface area contributed by atoms with Gasteiger partial charge in [-0.3, -0.25) is 4.79 Å². The molecule has 8 nitrogen and oxygen atoms in total. The summed E-state index contributed by atoms with van der Waals surface area (Å²) >= 11 is 0. The molecule has 1 fully saturated rings. The van der Waals surface area contributed by atoms with Crippen LogP contribution < -0.4 is 5.90 Å². The van der Waals surface area contributed by atoms with Gasteiger partial charge in [0.2, 0.25) is 5.91 Å². The van der Waals surface area contributed by atoms with Crippen LogP contribution in [0.3, 0.4) is 0 Å². The molecule has 0 aliphatic carbocycles. The van der Waals surface area contributed by atoms with Crippen molar-refractivity contribution in [1.82, 2.24) is 4.90 Å². The number of carbonyl (C=O) groups excluding carboxylic acids is 1. The highest BCUT2D eigenvalue weighted by atomic mass is 16.6. The van der Waals surface area contributed by atoms with Gasteiger partial charge in [0.25, 0.3) is 0 Å². The molecule has 1 amide bonds. The summed E-state index contributed by atoms with van der Waals surface area (Å²) in [4.78, 5) is 29.0. The third-order valence-corrected chi connectivity index (χ3v) is 3.85. The number of nitrogens with two attached hydrogens (primary N) is 1. The predicted octanol–water partition coefficient (Wildman–Crippen LogP) is -0.766. The van der Waals surface area contributed by atoms with E-state index in [1.165, 1.54) is 4.90 Å². The van der Waals surface area contributed by atoms with Gasteiger partial charge >= 0.3 is 5.97 Å². The number of β-lactam (4-membered cyclic amide) rings is 1. The number of hydrogen-bond acceptors (Lipinski definition) is 6. The van der Waals surface area contributed by atoms with Crippen LogP contribution in [0.5, 0.6) is 0 Å². The minimum Gasteiger partial charge on any atom is -0.477 e. The van der Waals surface area contributed by atoms with Crippen molar-refractivity contribution in [3.63, 3.8) is 0 Å². The molecule has 0 spiro atoms. The fourth-order valence-corrected chi connectivity index (χ4v) is 2.93. The minimum absolute atomic E-state index is 0.00280. The van der Waals surface area contributed by atoms with Gasteiger partial charge in [0.05, 0.1) is 31.3 Å². The molecule has 3 atom stereocenters. The first-order valence-electron chi connectivity index (χ1n) is 6.85. The SMILES string of the molecule is CC(O)C1C(=O)N2C(C(=O)O)=C(COCCCON)CC12. The molecule has 3 unspecified atom stereocenters. The Bertz CT molecular complexity index is 462. The minimum atomic E-state index is -1.14. The molecule has 0 aromatic heterocycles. The summed E-state index contributed by atoms with van der Waals surface area (Å²) < 4.78 is 5.40. The molecule has 4 N–H and O–H groups in total. The van der Waals surface area contributed by atoms with Crippen LogP contribution in [0, 0.1) is 5.92 Å². The standard InChI is InChI=1S/C13H20N2O6/c1-7(16)10-9-5-8(6-20-3-2-4-21-14)11(13(18)19)15(9)12(10)17/h7,9-10,16H,2-6,14H2,1H3,(H,18,19). The first-order chi connectivity index (χ1) is 9.99. The Hall–Kier alpha value is -1.48. The Morgan fingerprint density at radius 1 is 1.52 bits per heavy atom. The summed E-state index contributed by atoms with van der Waals surface area (Å²) in [6.45, 7) is 2.45. The number of hydrogen-bond donors (Lipinski definition) is 3. The summed E-state index contributed by atoms with van der Waals surface area (Å²) in [6.07, 6.45) is 0.251. The zero-order valence-electron chi connectivity index (χ0n) is 11.8. The third-order valence-electron chi connectivity index (χ3n) is 3.85. The normalized spacial score (nSPS) is 25.9. The molecule has 1 saturated heterocycles. The van der Waals surface area contributed by atoms with E-state index < -0.39 is 18.0 Å². The van der Waals surface area contributed by atoms with Gasteiger partial charge in [0, 0.05) is 6.61 Å². The molecule has 0 saturated carbocycles. The molecule has 118 valence electrons. The molecule has 0 aromatic rings. The lowest BCUT2D eigenvalue weighted by Gasteiger charge is -2.44. The van der Waals surface area contributed by atoms with Crippen molar-refractivity contribution in [2.24, 2.45) is 11.8 Å². The molecule has 2 aliphatic heterocycles. The van der Waals surface area contributed by atoms with Crippen LogP contribution in [0.25, 0.3) is 0 Å². The van der Waals surface area contributed by atoms with E-state index in [1.54, 1.807) is 6.92 Å². The van der Waals surface area contributed by atoms with Gasteiger partial charge in [-0.15, -0.1) is 0 Å². The van der Waals surface area contributed by atoms with E-state index in [-0.39, 0.29) is 24.3 Å². The molecule has 2 aliphatic rings. The fraction of sp³-hybridized carbons (Fsp3) is 0.692. The van der Waals surface area contributed by atoms with E-state index in [9.17, 15) is 19.8 Å². The second-order valence-corrected chi connectivity index (χ2v) is 5.28. The molecule has 8 heteroatoms. The first-order valence-corrected chi connectivity index (χ1v) is 6.85. The summed E-state index contributed by atoms with van der Waals surface area (Å²) in [5.41, 5.74) is 0.578. The van der Waals surface area contributed by atoms with E-state index in [2.05, 4.69) is 4.84 Å². The third kappa shape index (κ3) is 2.93. The van der Waals surface area contributed by atoms with Crippen molar-refractivity contribution >= 4 is 11.9 Å². The monoisotopic (exact) mass is 300 g/mol. The number of aliphatic carboxylic acids is 1. The number of amides is 1. The van der Waals surface area contributed by atoms with Crippen LogP contribution in [-0.2, 0) is 19.2 Å². The van der Waals surface area contributed by atoms with E-state index in [0.29, 0.717) is 31.6 Å². The van der Waals surface area contributed by atoms with E-state index in [4.69, 9.17) is 10.6 Å². The fourth-order valence-electron chi connectivity index (χ4n) is 2.93. The van der Waals surface area contributed by atoms with Crippen molar-refractivity contribution in [2.45, 2.75) is 31.9 Å². The molecule has 2 rings (SSSR count). The summed E-state index contributed by atoms with van der Waals surface area (Å²) in [6, 6.07) is -0.269. The number of nitrogens with zero attached hydrogens (tertiary/aromatic N) is 1. The molecule has 0 bridgehead atoms. The summed E-state index contributed by atoms with van der Waals surface area (Å²) in [5, 5.41) is 18.9. The van der Waals surface area contributed by atoms with Crippen LogP contribution in [0.1, 0.15) is 19.8 Å². The number of aliphatic hydroxyl groups excluding tert-OH is 1. The maximum atomic E-state index is 12.0. The van der Waals surface area contributed by atoms with Gasteiger partial charge in [0.15, 0.2) is 0 Å². The number of carboxylic acids is 1. The summed E-state index contributed by atoms with van der Waals surface area (Å²) in [5.74, 6) is 2.89. The van der Waals surface area contributed by atoms with Crippen molar-refractivity contribution in [3.8, 4) is 0 Å². The second kappa shape index (κ2) is 6.52. The zero-order valence-corrected chi connectivity index (χ0v) is 11.8. The Kier molecular flexibility index (Phi) is 4.94. The average molecular weight is 300 g/mol. The van der Waals surface area contributed by atoms with E-state index >= 15 is 0 Å². The van der Waals surface area contributed by atoms with Gasteiger partial charge in [-0.1, -0.05) is 0 Å². The number of ether oxygens (including phenoxy) is 1. The Labute approximate surface area is 122 Å². The van der Waals surface area contributed by atoms with Gasteiger partial charge in [0.1, 0.15) is 5.70 Å². The summed E-state index contributed by atoms with van der Waals surface area (Å²) in [7, 11) is 0. The number of rotatable bonds is 8. The number of carbonyl (C=O) groups is 2. The highest BCUT2D eigenvalue weighted by Crippen LogP contribution is 2.43. The smallest absolute Gasteiger partial charge is 0.352 e. The maximum absolute atomic E-state index is 12.0. The second-order valence-electron chi connectivity index (χ2n) is 5.28. The lowest BCUT2D eigenvalue weighted by atomic mass is 9.83. The first kappa shape index (κ1) is 15.9. The maximum Gasteiger partial charge on any atom is 0.352 e. The van der Waals surface area contributed by atoms with Gasteiger partial charge in [-0.25, -0.2) is 10.7 Å². The topological polar surface area (TPSA) is 122 Å². The zero-order chi connectivity index (χ0) is 15.6. The van der Waals surface area contributed by atoms with Gasteiger partial charge < -0.3 is 24.7 Å². The van der Waals surface area contributed by atoms with Gasteiger partial charge in [-0.2, -0.15) is 0 Å². The Morgan fingerprint density at radius 3 is 2.81 bits per heavy atom. The predicted molar refractivity (Wildman–Crippen MR) is 70.7 cm³/mol. The van der Waals surface area contributed by atoms with Crippen LogP contribution in [0.15, 0.2) is 11.3 Å².